The molecule has 0 aromatic carbocycles. The molecule has 0 fully saturated rings. The highest BCUT2D eigenvalue weighted by Gasteiger charge is 2.19. The van der Waals surface area contributed by atoms with Crippen molar-refractivity contribution in [2.45, 2.75) is 32.7 Å². The molecule has 21 heavy (non-hydrogen) atoms. The summed E-state index contributed by atoms with van der Waals surface area (Å²) in [5.74, 6) is -1.45. The van der Waals surface area contributed by atoms with E-state index in [2.05, 4.69) is 10.6 Å². The molecule has 1 unspecified atom stereocenters. The lowest BCUT2D eigenvalue weighted by atomic mass is 10.0. The van der Waals surface area contributed by atoms with Gasteiger partial charge >= 0.3 is 5.97 Å². The fourth-order valence-corrected chi connectivity index (χ4v) is 1.70. The van der Waals surface area contributed by atoms with Gasteiger partial charge in [0, 0.05) is 19.0 Å². The van der Waals surface area contributed by atoms with Crippen molar-refractivity contribution in [3.8, 4) is 0 Å². The molecule has 0 saturated heterocycles. The van der Waals surface area contributed by atoms with Crippen LogP contribution in [0, 0.1) is 5.92 Å². The summed E-state index contributed by atoms with van der Waals surface area (Å²) in [6, 6.07) is 2.70. The minimum absolute atomic E-state index is 0.0164. The Hall–Kier alpha value is -2.31. The fraction of sp³-hybridized carbons (Fsp3) is 0.500. The molecule has 1 aromatic heterocycles. The summed E-state index contributed by atoms with van der Waals surface area (Å²) in [6.45, 7) is 3.84. The van der Waals surface area contributed by atoms with Crippen molar-refractivity contribution in [3.05, 3.63) is 24.2 Å². The zero-order valence-corrected chi connectivity index (χ0v) is 12.1. The minimum atomic E-state index is -0.958. The van der Waals surface area contributed by atoms with Gasteiger partial charge in [0.05, 0.1) is 12.7 Å². The van der Waals surface area contributed by atoms with E-state index in [1.807, 2.05) is 13.8 Å². The molecular weight excluding hydrogens is 276 g/mol. The summed E-state index contributed by atoms with van der Waals surface area (Å²) in [5.41, 5.74) is 0. The van der Waals surface area contributed by atoms with E-state index in [0.29, 0.717) is 0 Å². The maximum atomic E-state index is 11.7. The number of carbonyl (C=O) groups excluding carboxylic acids is 2. The van der Waals surface area contributed by atoms with E-state index >= 15 is 0 Å². The van der Waals surface area contributed by atoms with Crippen molar-refractivity contribution in [2.75, 3.05) is 6.54 Å². The minimum Gasteiger partial charge on any atom is -0.481 e. The van der Waals surface area contributed by atoms with Crippen LogP contribution in [0.15, 0.2) is 22.8 Å². The van der Waals surface area contributed by atoms with E-state index in [-0.39, 0.29) is 37.0 Å². The predicted octanol–water partition coefficient (Wildman–Crippen LogP) is 1.02. The summed E-state index contributed by atoms with van der Waals surface area (Å²) < 4.78 is 4.91. The first-order valence-electron chi connectivity index (χ1n) is 6.73. The third-order valence-corrected chi connectivity index (χ3v) is 2.93. The number of furan rings is 1. The molecule has 7 heteroatoms. The van der Waals surface area contributed by atoms with Crippen LogP contribution in [0.4, 0.5) is 0 Å². The van der Waals surface area contributed by atoms with Gasteiger partial charge in [-0.15, -0.1) is 0 Å². The number of amides is 2. The SMILES string of the molecule is CC(C)C(CC(=O)O)NC(=O)CCNC(=O)c1ccco1. The molecule has 0 radical (unpaired) electrons. The van der Waals surface area contributed by atoms with Crippen molar-refractivity contribution >= 4 is 17.8 Å². The van der Waals surface area contributed by atoms with Gasteiger partial charge in [0.25, 0.3) is 5.91 Å². The Morgan fingerprint density at radius 1 is 1.33 bits per heavy atom. The fourth-order valence-electron chi connectivity index (χ4n) is 1.70. The first-order chi connectivity index (χ1) is 9.90. The predicted molar refractivity (Wildman–Crippen MR) is 74.7 cm³/mol. The maximum absolute atomic E-state index is 11.7. The Morgan fingerprint density at radius 2 is 2.05 bits per heavy atom. The number of carbonyl (C=O) groups is 3. The van der Waals surface area contributed by atoms with Crippen molar-refractivity contribution in [1.82, 2.24) is 10.6 Å². The molecule has 3 N–H and O–H groups in total. The van der Waals surface area contributed by atoms with Gasteiger partial charge in [0.15, 0.2) is 5.76 Å². The summed E-state index contributed by atoms with van der Waals surface area (Å²) in [6.07, 6.45) is 1.35. The molecular formula is C14H20N2O5. The molecule has 0 bridgehead atoms. The normalized spacial score (nSPS) is 12.0. The number of rotatable bonds is 8. The van der Waals surface area contributed by atoms with E-state index in [1.165, 1.54) is 12.3 Å². The lowest BCUT2D eigenvalue weighted by Gasteiger charge is -2.20. The summed E-state index contributed by atoms with van der Waals surface area (Å²) in [4.78, 5) is 34.0. The van der Waals surface area contributed by atoms with Gasteiger partial charge in [0.1, 0.15) is 0 Å². The standard InChI is InChI=1S/C14H20N2O5/c1-9(2)10(8-13(18)19)16-12(17)5-6-15-14(20)11-4-3-7-21-11/h3-4,7,9-10H,5-6,8H2,1-2H3,(H,15,20)(H,16,17)(H,18,19). The van der Waals surface area contributed by atoms with E-state index in [9.17, 15) is 14.4 Å². The van der Waals surface area contributed by atoms with Gasteiger partial charge in [-0.3, -0.25) is 14.4 Å². The molecule has 0 spiro atoms. The van der Waals surface area contributed by atoms with Crippen molar-refractivity contribution in [1.29, 1.82) is 0 Å². The van der Waals surface area contributed by atoms with Crippen LogP contribution in [0.2, 0.25) is 0 Å². The van der Waals surface area contributed by atoms with Gasteiger partial charge in [-0.05, 0) is 18.1 Å². The van der Waals surface area contributed by atoms with E-state index in [4.69, 9.17) is 9.52 Å². The highest BCUT2D eigenvalue weighted by atomic mass is 16.4. The molecule has 0 aliphatic rings. The topological polar surface area (TPSA) is 109 Å². The molecule has 0 saturated carbocycles. The lowest BCUT2D eigenvalue weighted by molar-refractivity contribution is -0.138. The van der Waals surface area contributed by atoms with E-state index < -0.39 is 17.9 Å². The van der Waals surface area contributed by atoms with Crippen LogP contribution in [0.3, 0.4) is 0 Å². The Morgan fingerprint density at radius 3 is 2.57 bits per heavy atom. The zero-order valence-electron chi connectivity index (χ0n) is 12.1. The maximum Gasteiger partial charge on any atom is 0.305 e. The first-order valence-corrected chi connectivity index (χ1v) is 6.73. The summed E-state index contributed by atoms with van der Waals surface area (Å²) >= 11 is 0. The second-order valence-electron chi connectivity index (χ2n) is 5.00. The van der Waals surface area contributed by atoms with Crippen LogP contribution in [-0.2, 0) is 9.59 Å². The van der Waals surface area contributed by atoms with Gasteiger partial charge in [-0.25, -0.2) is 0 Å². The van der Waals surface area contributed by atoms with Crippen LogP contribution in [0.5, 0.6) is 0 Å². The molecule has 1 atom stereocenters. The monoisotopic (exact) mass is 296 g/mol. The van der Waals surface area contributed by atoms with E-state index in [1.54, 1.807) is 6.07 Å². The van der Waals surface area contributed by atoms with Crippen LogP contribution in [0.25, 0.3) is 0 Å². The van der Waals surface area contributed by atoms with Crippen LogP contribution in [-0.4, -0.2) is 35.5 Å². The number of carboxylic acid groups (broad SMARTS) is 1. The van der Waals surface area contributed by atoms with Crippen LogP contribution >= 0.6 is 0 Å². The summed E-state index contributed by atoms with van der Waals surface area (Å²) in [5, 5.41) is 14.0. The van der Waals surface area contributed by atoms with Crippen molar-refractivity contribution in [3.63, 3.8) is 0 Å². The number of aliphatic carboxylic acids is 1. The lowest BCUT2D eigenvalue weighted by Crippen LogP contribution is -2.41. The highest BCUT2D eigenvalue weighted by Crippen LogP contribution is 2.06. The molecule has 2 amide bonds. The zero-order chi connectivity index (χ0) is 15.8. The highest BCUT2D eigenvalue weighted by molar-refractivity contribution is 5.91. The second-order valence-corrected chi connectivity index (χ2v) is 5.00. The average Bonchev–Trinajstić information content (AvgIpc) is 2.91. The molecule has 1 rings (SSSR count). The van der Waals surface area contributed by atoms with Gasteiger partial charge in [-0.2, -0.15) is 0 Å². The summed E-state index contributed by atoms with van der Waals surface area (Å²) in [7, 11) is 0. The third kappa shape index (κ3) is 6.11. The Labute approximate surface area is 122 Å². The van der Waals surface area contributed by atoms with Gasteiger partial charge < -0.3 is 20.2 Å². The van der Waals surface area contributed by atoms with Crippen molar-refractivity contribution < 1.29 is 23.9 Å². The molecule has 0 aliphatic carbocycles. The quantitative estimate of drug-likeness (QED) is 0.663. The van der Waals surface area contributed by atoms with Crippen LogP contribution in [0.1, 0.15) is 37.2 Å². The van der Waals surface area contributed by atoms with Crippen molar-refractivity contribution in [2.24, 2.45) is 5.92 Å². The third-order valence-electron chi connectivity index (χ3n) is 2.93. The number of hydrogen-bond acceptors (Lipinski definition) is 4. The van der Waals surface area contributed by atoms with Gasteiger partial charge in [0.2, 0.25) is 5.91 Å². The molecule has 0 aliphatic heterocycles. The average molecular weight is 296 g/mol. The Kier molecular flexibility index (Phi) is 6.45. The first kappa shape index (κ1) is 16.7. The van der Waals surface area contributed by atoms with Crippen LogP contribution < -0.4 is 10.6 Å². The Bertz CT molecular complexity index is 482. The largest absolute Gasteiger partial charge is 0.481 e. The molecule has 7 nitrogen and oxygen atoms in total. The number of nitrogens with one attached hydrogen (secondary N) is 2. The number of carboxylic acids is 1. The Balaban J connectivity index is 2.32. The van der Waals surface area contributed by atoms with E-state index in [0.717, 1.165) is 0 Å². The second kappa shape index (κ2) is 8.08. The van der Waals surface area contributed by atoms with Gasteiger partial charge in [-0.1, -0.05) is 13.8 Å². The number of hydrogen-bond donors (Lipinski definition) is 3. The molecule has 116 valence electrons. The molecule has 1 aromatic rings. The smallest absolute Gasteiger partial charge is 0.305 e. The molecule has 1 heterocycles.